The summed E-state index contributed by atoms with van der Waals surface area (Å²) in [5.74, 6) is 0.879. The lowest BCUT2D eigenvalue weighted by atomic mass is 9.98. The summed E-state index contributed by atoms with van der Waals surface area (Å²) in [6.45, 7) is 2.31. The predicted molar refractivity (Wildman–Crippen MR) is 86.8 cm³/mol. The molecule has 2 atom stereocenters. The van der Waals surface area contributed by atoms with Crippen LogP contribution in [0.25, 0.3) is 0 Å². The van der Waals surface area contributed by atoms with E-state index >= 15 is 0 Å². The van der Waals surface area contributed by atoms with Gasteiger partial charge in [-0.2, -0.15) is 13.2 Å². The van der Waals surface area contributed by atoms with E-state index in [-0.39, 0.29) is 25.0 Å². The molecule has 0 aromatic heterocycles. The number of β-amino-alcohol motifs (C(OH)–C–C–N with tert-alkyl or cyclic N) is 1. The predicted octanol–water partition coefficient (Wildman–Crippen LogP) is 2.07. The standard InChI is InChI=1S/C18H23F3N2O2/c19-18(20,21)14-5-1-12(2-6-14)9-17(25)22-16-11-23(7-8-24)10-15(16)13-3-4-13/h1-2,5-6,13,15-16,24H,3-4,7-11H2,(H,22,25)/t15-,16+/m1/s1. The van der Waals surface area contributed by atoms with E-state index < -0.39 is 11.7 Å². The van der Waals surface area contributed by atoms with Gasteiger partial charge in [-0.05, 0) is 42.4 Å². The van der Waals surface area contributed by atoms with Crippen molar-refractivity contribution in [2.45, 2.75) is 31.5 Å². The van der Waals surface area contributed by atoms with Crippen molar-refractivity contribution in [3.8, 4) is 0 Å². The number of aliphatic hydroxyl groups excluding tert-OH is 1. The number of rotatable bonds is 6. The maximum atomic E-state index is 12.6. The average Bonchev–Trinajstić information content (AvgIpc) is 3.30. The first-order valence-electron chi connectivity index (χ1n) is 8.65. The van der Waals surface area contributed by atoms with Crippen LogP contribution in [0.1, 0.15) is 24.0 Å². The number of alkyl halides is 3. The minimum atomic E-state index is -4.36. The number of amides is 1. The van der Waals surface area contributed by atoms with Crippen molar-refractivity contribution in [1.82, 2.24) is 10.2 Å². The van der Waals surface area contributed by atoms with E-state index in [0.717, 1.165) is 25.2 Å². The second-order valence-corrected chi connectivity index (χ2v) is 7.03. The fourth-order valence-electron chi connectivity index (χ4n) is 3.65. The van der Waals surface area contributed by atoms with Crippen molar-refractivity contribution in [3.63, 3.8) is 0 Å². The molecule has 1 aromatic carbocycles. The zero-order chi connectivity index (χ0) is 18.0. The third-order valence-electron chi connectivity index (χ3n) is 5.08. The average molecular weight is 356 g/mol. The van der Waals surface area contributed by atoms with Crippen LogP contribution in [-0.4, -0.2) is 48.2 Å². The third-order valence-corrected chi connectivity index (χ3v) is 5.08. The molecule has 7 heteroatoms. The number of hydrogen-bond acceptors (Lipinski definition) is 3. The number of nitrogens with one attached hydrogen (secondary N) is 1. The molecule has 2 aliphatic rings. The number of nitrogens with zero attached hydrogens (tertiary/aromatic N) is 1. The first kappa shape index (κ1) is 18.2. The number of aliphatic hydroxyl groups is 1. The van der Waals surface area contributed by atoms with Gasteiger partial charge in [0.1, 0.15) is 0 Å². The van der Waals surface area contributed by atoms with Gasteiger partial charge in [-0.1, -0.05) is 12.1 Å². The topological polar surface area (TPSA) is 52.6 Å². The first-order valence-corrected chi connectivity index (χ1v) is 8.65. The van der Waals surface area contributed by atoms with Gasteiger partial charge in [0, 0.05) is 25.7 Å². The Labute approximate surface area is 145 Å². The highest BCUT2D eigenvalue weighted by Gasteiger charge is 2.42. The highest BCUT2D eigenvalue weighted by atomic mass is 19.4. The zero-order valence-electron chi connectivity index (χ0n) is 13.9. The number of carbonyl (C=O) groups is 1. The fourth-order valence-corrected chi connectivity index (χ4v) is 3.65. The van der Waals surface area contributed by atoms with Crippen LogP contribution in [0.2, 0.25) is 0 Å². The van der Waals surface area contributed by atoms with Crippen LogP contribution in [0.5, 0.6) is 0 Å². The van der Waals surface area contributed by atoms with E-state index in [1.807, 2.05) is 0 Å². The largest absolute Gasteiger partial charge is 0.416 e. The van der Waals surface area contributed by atoms with Gasteiger partial charge >= 0.3 is 6.18 Å². The number of likely N-dealkylation sites (tertiary alicyclic amines) is 1. The lowest BCUT2D eigenvalue weighted by Crippen LogP contribution is -2.42. The maximum absolute atomic E-state index is 12.6. The number of benzene rings is 1. The van der Waals surface area contributed by atoms with Gasteiger partial charge in [0.15, 0.2) is 0 Å². The van der Waals surface area contributed by atoms with Crippen molar-refractivity contribution in [1.29, 1.82) is 0 Å². The molecule has 1 saturated heterocycles. The normalized spacial score (nSPS) is 24.5. The van der Waals surface area contributed by atoms with Crippen molar-refractivity contribution in [2.24, 2.45) is 11.8 Å². The van der Waals surface area contributed by atoms with E-state index in [2.05, 4.69) is 10.2 Å². The highest BCUT2D eigenvalue weighted by molar-refractivity contribution is 5.79. The molecule has 0 bridgehead atoms. The van der Waals surface area contributed by atoms with Gasteiger partial charge in [-0.3, -0.25) is 9.69 Å². The van der Waals surface area contributed by atoms with E-state index in [4.69, 9.17) is 5.11 Å². The Hall–Kier alpha value is -1.60. The maximum Gasteiger partial charge on any atom is 0.416 e. The molecule has 4 nitrogen and oxygen atoms in total. The number of carbonyl (C=O) groups excluding carboxylic acids is 1. The fraction of sp³-hybridized carbons (Fsp3) is 0.611. The molecule has 0 spiro atoms. The monoisotopic (exact) mass is 356 g/mol. The van der Waals surface area contributed by atoms with Crippen LogP contribution < -0.4 is 5.32 Å². The minimum Gasteiger partial charge on any atom is -0.395 e. The summed E-state index contributed by atoms with van der Waals surface area (Å²) in [7, 11) is 0. The lowest BCUT2D eigenvalue weighted by Gasteiger charge is -2.19. The molecule has 0 radical (unpaired) electrons. The van der Waals surface area contributed by atoms with Crippen molar-refractivity contribution in [3.05, 3.63) is 35.4 Å². The van der Waals surface area contributed by atoms with Gasteiger partial charge in [0.05, 0.1) is 18.6 Å². The first-order chi connectivity index (χ1) is 11.9. The van der Waals surface area contributed by atoms with E-state index in [9.17, 15) is 18.0 Å². The van der Waals surface area contributed by atoms with E-state index in [1.54, 1.807) is 0 Å². The quantitative estimate of drug-likeness (QED) is 0.821. The summed E-state index contributed by atoms with van der Waals surface area (Å²) >= 11 is 0. The van der Waals surface area contributed by atoms with Crippen LogP contribution in [0.4, 0.5) is 13.2 Å². The Morgan fingerprint density at radius 3 is 2.44 bits per heavy atom. The molecule has 2 N–H and O–H groups in total. The summed E-state index contributed by atoms with van der Waals surface area (Å²) in [5.41, 5.74) is -0.139. The molecule has 1 saturated carbocycles. The van der Waals surface area contributed by atoms with E-state index in [1.165, 1.54) is 25.0 Å². The highest BCUT2D eigenvalue weighted by Crippen LogP contribution is 2.41. The smallest absolute Gasteiger partial charge is 0.395 e. The van der Waals surface area contributed by atoms with Crippen LogP contribution in [0, 0.1) is 11.8 Å². The molecule has 1 aromatic rings. The third kappa shape index (κ3) is 4.73. The molecule has 1 aliphatic carbocycles. The van der Waals surface area contributed by atoms with Crippen molar-refractivity contribution >= 4 is 5.91 Å². The van der Waals surface area contributed by atoms with Gasteiger partial charge in [0.25, 0.3) is 0 Å². The number of halogens is 3. The molecule has 138 valence electrons. The molecule has 25 heavy (non-hydrogen) atoms. The van der Waals surface area contributed by atoms with Crippen molar-refractivity contribution < 1.29 is 23.1 Å². The van der Waals surface area contributed by atoms with Gasteiger partial charge < -0.3 is 10.4 Å². The van der Waals surface area contributed by atoms with E-state index in [0.29, 0.717) is 23.9 Å². The Balaban J connectivity index is 1.56. The summed E-state index contributed by atoms with van der Waals surface area (Å²) in [6.07, 6.45) is -1.92. The molecule has 1 heterocycles. The molecule has 3 rings (SSSR count). The molecule has 2 fully saturated rings. The van der Waals surface area contributed by atoms with Gasteiger partial charge in [0.2, 0.25) is 5.91 Å². The van der Waals surface area contributed by atoms with Crippen LogP contribution in [0.15, 0.2) is 24.3 Å². The summed E-state index contributed by atoms with van der Waals surface area (Å²) < 4.78 is 37.7. The SMILES string of the molecule is O=C(Cc1ccc(C(F)(F)F)cc1)N[C@H]1CN(CCO)C[C@@H]1C1CC1. The van der Waals surface area contributed by atoms with Gasteiger partial charge in [-0.25, -0.2) is 0 Å². The molecular formula is C18H23F3N2O2. The van der Waals surface area contributed by atoms with Crippen LogP contribution in [0.3, 0.4) is 0 Å². The Kier molecular flexibility index (Phi) is 5.34. The zero-order valence-corrected chi connectivity index (χ0v) is 13.9. The van der Waals surface area contributed by atoms with Gasteiger partial charge in [-0.15, -0.1) is 0 Å². The molecule has 1 aliphatic heterocycles. The number of hydrogen-bond donors (Lipinski definition) is 2. The molecule has 1 amide bonds. The van der Waals surface area contributed by atoms with Crippen LogP contribution in [-0.2, 0) is 17.4 Å². The minimum absolute atomic E-state index is 0.0565. The lowest BCUT2D eigenvalue weighted by molar-refractivity contribution is -0.137. The summed E-state index contributed by atoms with van der Waals surface area (Å²) in [4.78, 5) is 14.5. The Bertz CT molecular complexity index is 599. The molecule has 0 unspecified atom stereocenters. The van der Waals surface area contributed by atoms with Crippen molar-refractivity contribution in [2.75, 3.05) is 26.2 Å². The summed E-state index contributed by atoms with van der Waals surface area (Å²) in [6, 6.07) is 4.78. The summed E-state index contributed by atoms with van der Waals surface area (Å²) in [5, 5.41) is 12.1. The second kappa shape index (κ2) is 7.33. The second-order valence-electron chi connectivity index (χ2n) is 7.03. The Morgan fingerprint density at radius 1 is 1.20 bits per heavy atom. The van der Waals surface area contributed by atoms with Crippen LogP contribution >= 0.6 is 0 Å². The Morgan fingerprint density at radius 2 is 1.88 bits per heavy atom. The molecular weight excluding hydrogens is 333 g/mol.